The van der Waals surface area contributed by atoms with Crippen molar-refractivity contribution >= 4 is 21.8 Å². The predicted octanol–water partition coefficient (Wildman–Crippen LogP) is -1.77. The molecule has 1 atom stereocenters. The van der Waals surface area contributed by atoms with E-state index in [1.807, 2.05) is 0 Å². The minimum atomic E-state index is -3.43. The highest BCUT2D eigenvalue weighted by Crippen LogP contribution is 2.12. The van der Waals surface area contributed by atoms with E-state index in [0.717, 1.165) is 6.26 Å². The first-order chi connectivity index (χ1) is 9.25. The van der Waals surface area contributed by atoms with Crippen molar-refractivity contribution in [3.63, 3.8) is 0 Å². The van der Waals surface area contributed by atoms with Crippen LogP contribution in [0.4, 0.5) is 0 Å². The lowest BCUT2D eigenvalue weighted by Gasteiger charge is -2.22. The number of nitrogens with two attached hydrogens (primary N) is 1. The number of primary amides is 1. The third-order valence-electron chi connectivity index (χ3n) is 3.14. The van der Waals surface area contributed by atoms with E-state index in [0.29, 0.717) is 6.61 Å². The molecule has 0 saturated carbocycles. The zero-order chi connectivity index (χ0) is 15.3. The van der Waals surface area contributed by atoms with Gasteiger partial charge in [0.2, 0.25) is 21.8 Å². The molecule has 0 aliphatic carbocycles. The number of hydrogen-bond donors (Lipinski definition) is 1. The minimum Gasteiger partial charge on any atom is -0.372 e. The Morgan fingerprint density at radius 1 is 1.30 bits per heavy atom. The molecule has 2 N–H and O–H groups in total. The molecule has 0 radical (unpaired) electrons. The Labute approximate surface area is 118 Å². The monoisotopic (exact) mass is 307 g/mol. The molecule has 20 heavy (non-hydrogen) atoms. The quantitative estimate of drug-likeness (QED) is 0.646. The van der Waals surface area contributed by atoms with Crippen LogP contribution < -0.4 is 5.73 Å². The lowest BCUT2D eigenvalue weighted by atomic mass is 10.1. The molecule has 0 spiro atoms. The number of carbonyl (C=O) groups is 2. The van der Waals surface area contributed by atoms with Gasteiger partial charge in [-0.2, -0.15) is 4.31 Å². The number of amides is 2. The molecule has 0 bridgehead atoms. The number of hydrogen-bond acceptors (Lipinski definition) is 5. The lowest BCUT2D eigenvalue weighted by molar-refractivity contribution is -0.136. The zero-order valence-electron chi connectivity index (χ0n) is 11.7. The largest absolute Gasteiger partial charge is 0.372 e. The van der Waals surface area contributed by atoms with Crippen molar-refractivity contribution in [3.05, 3.63) is 0 Å². The highest BCUT2D eigenvalue weighted by atomic mass is 32.2. The van der Waals surface area contributed by atoms with E-state index >= 15 is 0 Å². The number of ether oxygens (including phenoxy) is 1. The molecule has 1 heterocycles. The van der Waals surface area contributed by atoms with Gasteiger partial charge in [-0.3, -0.25) is 9.59 Å². The molecular weight excluding hydrogens is 286 g/mol. The van der Waals surface area contributed by atoms with Gasteiger partial charge in [-0.1, -0.05) is 0 Å². The van der Waals surface area contributed by atoms with Crippen molar-refractivity contribution in [2.45, 2.75) is 6.92 Å². The summed E-state index contributed by atoms with van der Waals surface area (Å²) >= 11 is 0. The Morgan fingerprint density at radius 2 is 1.95 bits per heavy atom. The van der Waals surface area contributed by atoms with Crippen LogP contribution in [0.15, 0.2) is 0 Å². The summed E-state index contributed by atoms with van der Waals surface area (Å²) in [5, 5.41) is 0. The maximum atomic E-state index is 11.9. The van der Waals surface area contributed by atoms with Crippen LogP contribution in [-0.4, -0.2) is 75.1 Å². The first-order valence-corrected chi connectivity index (χ1v) is 8.20. The molecule has 0 aromatic rings. The summed E-state index contributed by atoms with van der Waals surface area (Å²) in [6.07, 6.45) is 1.07. The van der Waals surface area contributed by atoms with Gasteiger partial charge in [0, 0.05) is 32.8 Å². The van der Waals surface area contributed by atoms with Gasteiger partial charge in [0.05, 0.1) is 12.2 Å². The van der Waals surface area contributed by atoms with Crippen LogP contribution >= 0.6 is 0 Å². The summed E-state index contributed by atoms with van der Waals surface area (Å²) in [6.45, 7) is 2.60. The van der Waals surface area contributed by atoms with E-state index < -0.39 is 21.8 Å². The summed E-state index contributed by atoms with van der Waals surface area (Å²) < 4.78 is 29.4. The van der Waals surface area contributed by atoms with Crippen LogP contribution in [0.5, 0.6) is 0 Å². The average Bonchev–Trinajstić information content (AvgIpc) is 2.58. The Balaban J connectivity index is 2.82. The smallest absolute Gasteiger partial charge is 0.248 e. The second-order valence-corrected chi connectivity index (χ2v) is 6.68. The van der Waals surface area contributed by atoms with Crippen molar-refractivity contribution in [2.24, 2.45) is 11.7 Å². The minimum absolute atomic E-state index is 0.00653. The normalized spacial score (nSPS) is 21.5. The summed E-state index contributed by atoms with van der Waals surface area (Å²) in [6, 6.07) is 0. The van der Waals surface area contributed by atoms with Gasteiger partial charge in [0.1, 0.15) is 6.61 Å². The van der Waals surface area contributed by atoms with Crippen LogP contribution in [0.25, 0.3) is 0 Å². The van der Waals surface area contributed by atoms with Crippen molar-refractivity contribution in [2.75, 3.05) is 45.6 Å². The van der Waals surface area contributed by atoms with Crippen molar-refractivity contribution < 1.29 is 22.7 Å². The van der Waals surface area contributed by atoms with Gasteiger partial charge in [0.25, 0.3) is 0 Å². The topological polar surface area (TPSA) is 110 Å². The van der Waals surface area contributed by atoms with Crippen LogP contribution in [0, 0.1) is 5.92 Å². The van der Waals surface area contributed by atoms with E-state index in [1.165, 1.54) is 9.21 Å². The molecule has 0 aromatic carbocycles. The zero-order valence-corrected chi connectivity index (χ0v) is 12.6. The molecule has 1 fully saturated rings. The fourth-order valence-electron chi connectivity index (χ4n) is 1.97. The number of carbonyl (C=O) groups excluding carboxylic acids is 2. The molecule has 1 aliphatic heterocycles. The molecule has 0 unspecified atom stereocenters. The standard InChI is InChI=1S/C11H21N3O5S/c1-3-19-8-10(15)13-4-5-14(20(2,17)18)7-9(6-13)11(12)16/h9H,3-8H2,1-2H3,(H2,12,16)/t9-/m1/s1. The van der Waals surface area contributed by atoms with Gasteiger partial charge in [-0.05, 0) is 6.92 Å². The fourth-order valence-corrected chi connectivity index (χ4v) is 2.84. The maximum absolute atomic E-state index is 11.9. The second kappa shape index (κ2) is 7.00. The third kappa shape index (κ3) is 4.73. The number of sulfonamides is 1. The Hall–Kier alpha value is -1.19. The third-order valence-corrected chi connectivity index (χ3v) is 4.41. The van der Waals surface area contributed by atoms with Crippen LogP contribution in [0.2, 0.25) is 0 Å². The predicted molar refractivity (Wildman–Crippen MR) is 72.2 cm³/mol. The lowest BCUT2D eigenvalue weighted by Crippen LogP contribution is -2.42. The van der Waals surface area contributed by atoms with Crippen LogP contribution in [0.1, 0.15) is 6.92 Å². The number of nitrogens with zero attached hydrogens (tertiary/aromatic N) is 2. The summed E-state index contributed by atoms with van der Waals surface area (Å²) in [5.74, 6) is -1.60. The van der Waals surface area contributed by atoms with Crippen molar-refractivity contribution in [1.82, 2.24) is 9.21 Å². The Bertz CT molecular complexity index is 465. The fraction of sp³-hybridized carbons (Fsp3) is 0.818. The molecule has 2 amide bonds. The van der Waals surface area contributed by atoms with E-state index in [1.54, 1.807) is 6.92 Å². The molecule has 9 heteroatoms. The van der Waals surface area contributed by atoms with E-state index in [2.05, 4.69) is 0 Å². The molecule has 1 rings (SSSR count). The first kappa shape index (κ1) is 16.9. The van der Waals surface area contributed by atoms with Gasteiger partial charge in [0.15, 0.2) is 0 Å². The van der Waals surface area contributed by atoms with Gasteiger partial charge in [-0.15, -0.1) is 0 Å². The first-order valence-electron chi connectivity index (χ1n) is 6.35. The van der Waals surface area contributed by atoms with Crippen molar-refractivity contribution in [1.29, 1.82) is 0 Å². The summed E-state index contributed by atoms with van der Waals surface area (Å²) in [7, 11) is -3.43. The van der Waals surface area contributed by atoms with Crippen LogP contribution in [-0.2, 0) is 24.3 Å². The molecule has 1 saturated heterocycles. The van der Waals surface area contributed by atoms with Crippen molar-refractivity contribution in [3.8, 4) is 0 Å². The van der Waals surface area contributed by atoms with Gasteiger partial charge in [-0.25, -0.2) is 8.42 Å². The van der Waals surface area contributed by atoms with E-state index in [4.69, 9.17) is 10.5 Å². The highest BCUT2D eigenvalue weighted by molar-refractivity contribution is 7.88. The Morgan fingerprint density at radius 3 is 2.45 bits per heavy atom. The molecule has 8 nitrogen and oxygen atoms in total. The summed E-state index contributed by atoms with van der Waals surface area (Å²) in [4.78, 5) is 24.7. The molecular formula is C11H21N3O5S. The second-order valence-electron chi connectivity index (χ2n) is 4.70. The molecule has 116 valence electrons. The van der Waals surface area contributed by atoms with E-state index in [-0.39, 0.29) is 38.7 Å². The van der Waals surface area contributed by atoms with E-state index in [9.17, 15) is 18.0 Å². The summed E-state index contributed by atoms with van der Waals surface area (Å²) in [5.41, 5.74) is 5.27. The van der Waals surface area contributed by atoms with Gasteiger partial charge >= 0.3 is 0 Å². The molecule has 1 aliphatic rings. The SMILES string of the molecule is CCOCC(=O)N1CCN(S(C)(=O)=O)C[C@H](C(N)=O)C1. The highest BCUT2D eigenvalue weighted by Gasteiger charge is 2.32. The number of rotatable bonds is 5. The van der Waals surface area contributed by atoms with Crippen LogP contribution in [0.3, 0.4) is 0 Å². The van der Waals surface area contributed by atoms with Gasteiger partial charge < -0.3 is 15.4 Å². The Kier molecular flexibility index (Phi) is 5.90. The maximum Gasteiger partial charge on any atom is 0.248 e. The molecule has 0 aromatic heterocycles. The average molecular weight is 307 g/mol.